The highest BCUT2D eigenvalue weighted by molar-refractivity contribution is 7.19. The molecular weight excluding hydrogens is 711 g/mol. The first-order valence-corrected chi connectivity index (χ1v) is 20.9. The van der Waals surface area contributed by atoms with Crippen LogP contribution in [0.15, 0.2) is 125 Å². The molecule has 4 nitrogen and oxygen atoms in total. The smallest absolute Gasteiger partial charge is 0.143 e. The Hall–Kier alpha value is -5.53. The van der Waals surface area contributed by atoms with Crippen molar-refractivity contribution < 1.29 is 4.42 Å². The average Bonchev–Trinajstić information content (AvgIpc) is 3.90. The number of furan rings is 1. The fourth-order valence-corrected chi connectivity index (χ4v) is 11.1. The van der Waals surface area contributed by atoms with Crippen molar-refractivity contribution in [3.05, 3.63) is 168 Å². The van der Waals surface area contributed by atoms with Crippen LogP contribution in [0.4, 0.5) is 0 Å². The number of nitrogens with one attached hydrogen (secondary N) is 1. The van der Waals surface area contributed by atoms with E-state index >= 15 is 0 Å². The number of para-hydroxylation sites is 1. The maximum Gasteiger partial charge on any atom is 0.143 e. The van der Waals surface area contributed by atoms with Crippen LogP contribution in [-0.4, -0.2) is 5.84 Å². The van der Waals surface area contributed by atoms with Gasteiger partial charge in [-0.3, -0.25) is 4.99 Å². The highest BCUT2D eigenvalue weighted by atomic mass is 32.1. The van der Waals surface area contributed by atoms with Crippen LogP contribution >= 0.6 is 22.7 Å². The minimum absolute atomic E-state index is 0.387. The van der Waals surface area contributed by atoms with E-state index in [4.69, 9.17) is 15.3 Å². The lowest BCUT2D eigenvalue weighted by Crippen LogP contribution is -2.32. The van der Waals surface area contributed by atoms with Crippen molar-refractivity contribution in [2.24, 2.45) is 10.8 Å². The molecule has 0 bridgehead atoms. The Morgan fingerprint density at radius 1 is 0.855 bits per heavy atom. The number of hydrogen-bond acceptors (Lipinski definition) is 5. The number of allylic oxidation sites excluding steroid dienone is 3. The summed E-state index contributed by atoms with van der Waals surface area (Å²) in [6.45, 7) is 4.43. The summed E-state index contributed by atoms with van der Waals surface area (Å²) in [5.41, 5.74) is 12.0. The van der Waals surface area contributed by atoms with Crippen molar-refractivity contribution in [1.29, 1.82) is 0 Å². The Bertz CT molecular complexity index is 2990. The average molecular weight is 752 g/mol. The van der Waals surface area contributed by atoms with Crippen molar-refractivity contribution >= 4 is 90.0 Å². The second-order valence-electron chi connectivity index (χ2n) is 14.7. The van der Waals surface area contributed by atoms with E-state index in [-0.39, 0.29) is 6.04 Å². The Morgan fingerprint density at radius 2 is 1.73 bits per heavy atom. The van der Waals surface area contributed by atoms with E-state index in [0.29, 0.717) is 5.84 Å². The van der Waals surface area contributed by atoms with E-state index < -0.39 is 0 Å². The van der Waals surface area contributed by atoms with E-state index in [1.165, 1.54) is 71.1 Å². The number of thiophene rings is 2. The lowest BCUT2D eigenvalue weighted by Gasteiger charge is -2.21. The molecule has 3 aromatic heterocycles. The molecule has 0 spiro atoms. The van der Waals surface area contributed by atoms with Crippen LogP contribution in [0.1, 0.15) is 68.4 Å². The Morgan fingerprint density at radius 3 is 2.64 bits per heavy atom. The molecule has 3 N–H and O–H groups in total. The standard InChI is InChI=1S/C49H41N3OS2/c1-30-36-15-6-10-20-43(36)54-42(30)19-9-4-13-32-24-26-41-47(38-17-5-8-18-40(38)53-41)46(32)48(34-23-22-31-12-2-3-14-33(31)28-34)51-49(52-50)35-25-27-45-39(29-35)37-16-7-11-21-44(37)55-45/h2-6,8-9,12,14-15,17-19,22-29,48H,1,7,10-11,13,16,20-21,50H2,(H,51,52)/b9-4-,42-19+. The summed E-state index contributed by atoms with van der Waals surface area (Å²) in [5.74, 6) is 7.12. The fraction of sp³-hybridized carbons (Fsp3) is 0.163. The molecule has 3 heterocycles. The molecule has 0 aliphatic heterocycles. The van der Waals surface area contributed by atoms with Gasteiger partial charge in [-0.05, 0) is 137 Å². The number of hydrazine groups is 1. The van der Waals surface area contributed by atoms with Gasteiger partial charge in [-0.2, -0.15) is 0 Å². The first-order chi connectivity index (χ1) is 27.1. The molecule has 1 atom stereocenters. The quantitative estimate of drug-likeness (QED) is 0.0738. The Labute approximate surface area is 328 Å². The van der Waals surface area contributed by atoms with Gasteiger partial charge in [-0.25, -0.2) is 5.84 Å². The topological polar surface area (TPSA) is 63.5 Å². The van der Waals surface area contributed by atoms with E-state index in [9.17, 15) is 0 Å². The Balaban J connectivity index is 1.16. The van der Waals surface area contributed by atoms with Crippen LogP contribution in [0, 0.1) is 0 Å². The van der Waals surface area contributed by atoms with Crippen molar-refractivity contribution in [3.63, 3.8) is 0 Å². The van der Waals surface area contributed by atoms with Crippen LogP contribution < -0.4 is 21.0 Å². The first kappa shape index (κ1) is 34.0. The molecule has 0 saturated heterocycles. The number of fused-ring (bicyclic) bond motifs is 8. The molecule has 270 valence electrons. The van der Waals surface area contributed by atoms with Gasteiger partial charge in [0.25, 0.3) is 0 Å². The van der Waals surface area contributed by atoms with E-state index in [2.05, 4.69) is 133 Å². The molecule has 2 aliphatic carbocycles. The van der Waals surface area contributed by atoms with Gasteiger partial charge >= 0.3 is 0 Å². The highest BCUT2D eigenvalue weighted by Gasteiger charge is 2.25. The molecule has 1 unspecified atom stereocenters. The molecule has 0 saturated carbocycles. The number of benzene rings is 5. The van der Waals surface area contributed by atoms with Gasteiger partial charge < -0.3 is 9.84 Å². The third kappa shape index (κ3) is 6.15. The van der Waals surface area contributed by atoms with Crippen molar-refractivity contribution in [1.82, 2.24) is 5.43 Å². The Kier molecular flexibility index (Phi) is 8.82. The van der Waals surface area contributed by atoms with Crippen LogP contribution in [0.5, 0.6) is 0 Å². The SMILES string of the molecule is C=c1c2c(s/c1=C/C=C\Cc1ccc3oc4ccccc4c3c1C(/N=C(\NN)c1ccc3sc4c(c3c1)CCCC4)c1ccc3ccccc3c1)CCC=C2. The molecule has 55 heavy (non-hydrogen) atoms. The number of hydrogen-bond donors (Lipinski definition) is 2. The van der Waals surface area contributed by atoms with Crippen LogP contribution in [0.2, 0.25) is 0 Å². The van der Waals surface area contributed by atoms with Crippen molar-refractivity contribution in [2.45, 2.75) is 51.0 Å². The number of nitrogens with zero attached hydrogens (tertiary/aromatic N) is 1. The zero-order valence-electron chi connectivity index (χ0n) is 30.6. The lowest BCUT2D eigenvalue weighted by molar-refractivity contribution is 0.668. The molecule has 0 amide bonds. The second kappa shape index (κ2) is 14.3. The first-order valence-electron chi connectivity index (χ1n) is 19.3. The number of aryl methyl sites for hydroxylation is 3. The zero-order valence-corrected chi connectivity index (χ0v) is 32.2. The van der Waals surface area contributed by atoms with E-state index in [1.807, 2.05) is 28.7 Å². The summed E-state index contributed by atoms with van der Waals surface area (Å²) in [5, 5.41) is 7.00. The molecular formula is C49H41N3OS2. The van der Waals surface area contributed by atoms with Crippen molar-refractivity contribution in [2.75, 3.05) is 0 Å². The second-order valence-corrected chi connectivity index (χ2v) is 17.0. The van der Waals surface area contributed by atoms with Crippen molar-refractivity contribution in [3.8, 4) is 0 Å². The minimum Gasteiger partial charge on any atom is -0.456 e. The minimum atomic E-state index is -0.387. The van der Waals surface area contributed by atoms with Crippen LogP contribution in [0.25, 0.3) is 61.5 Å². The summed E-state index contributed by atoms with van der Waals surface area (Å²) >= 11 is 3.81. The van der Waals surface area contributed by atoms with Crippen LogP contribution in [0.3, 0.4) is 0 Å². The largest absolute Gasteiger partial charge is 0.456 e. The van der Waals surface area contributed by atoms with Gasteiger partial charge in [0.15, 0.2) is 0 Å². The summed E-state index contributed by atoms with van der Waals surface area (Å²) in [7, 11) is 0. The number of aliphatic imine (C=N–C) groups is 1. The highest BCUT2D eigenvalue weighted by Crippen LogP contribution is 2.42. The molecule has 0 radical (unpaired) electrons. The molecule has 10 rings (SSSR count). The van der Waals surface area contributed by atoms with Gasteiger partial charge in [-0.15, -0.1) is 22.7 Å². The van der Waals surface area contributed by atoms with Gasteiger partial charge in [0.1, 0.15) is 23.0 Å². The van der Waals surface area contributed by atoms with Gasteiger partial charge in [0.05, 0.1) is 0 Å². The number of amidine groups is 1. The van der Waals surface area contributed by atoms with Gasteiger partial charge in [0, 0.05) is 35.3 Å². The normalized spacial score (nSPS) is 15.4. The van der Waals surface area contributed by atoms with Gasteiger partial charge in [0.2, 0.25) is 0 Å². The molecule has 2 aliphatic rings. The van der Waals surface area contributed by atoms with E-state index in [1.54, 1.807) is 0 Å². The third-order valence-corrected chi connectivity index (χ3v) is 13.9. The predicted molar refractivity (Wildman–Crippen MR) is 236 cm³/mol. The maximum absolute atomic E-state index is 6.53. The fourth-order valence-electron chi connectivity index (χ4n) is 8.62. The van der Waals surface area contributed by atoms with E-state index in [0.717, 1.165) is 69.5 Å². The molecule has 6 heteroatoms. The molecule has 0 fully saturated rings. The summed E-state index contributed by atoms with van der Waals surface area (Å²) in [6, 6.07) is 34.3. The zero-order chi connectivity index (χ0) is 36.9. The monoisotopic (exact) mass is 751 g/mol. The number of nitrogens with two attached hydrogens (primary N) is 1. The maximum atomic E-state index is 6.53. The lowest BCUT2D eigenvalue weighted by atomic mass is 9.88. The summed E-state index contributed by atoms with van der Waals surface area (Å²) in [6.07, 6.45) is 18.9. The molecule has 5 aromatic carbocycles. The molecule has 8 aromatic rings. The summed E-state index contributed by atoms with van der Waals surface area (Å²) < 4.78 is 9.09. The number of rotatable bonds is 7. The summed E-state index contributed by atoms with van der Waals surface area (Å²) in [4.78, 5) is 8.60. The third-order valence-electron chi connectivity index (χ3n) is 11.4. The predicted octanol–water partition coefficient (Wildman–Crippen LogP) is 10.8. The van der Waals surface area contributed by atoms with Crippen LogP contribution in [-0.2, 0) is 25.7 Å². The van der Waals surface area contributed by atoms with Gasteiger partial charge in [-0.1, -0.05) is 91.5 Å².